The van der Waals surface area contributed by atoms with E-state index in [1.54, 1.807) is 0 Å². The van der Waals surface area contributed by atoms with Gasteiger partial charge in [0.2, 0.25) is 0 Å². The van der Waals surface area contributed by atoms with Crippen molar-refractivity contribution in [3.8, 4) is 0 Å². The molecule has 1 aromatic carbocycles. The van der Waals surface area contributed by atoms with Gasteiger partial charge < -0.3 is 0 Å². The molecule has 0 unspecified atom stereocenters. The van der Waals surface area contributed by atoms with E-state index >= 15 is 0 Å². The zero-order chi connectivity index (χ0) is 8.27. The maximum atomic E-state index is 5.66. The minimum absolute atomic E-state index is 0.402. The molecule has 0 aliphatic rings. The van der Waals surface area contributed by atoms with Crippen LogP contribution in [0.25, 0.3) is 0 Å². The zero-order valence-electron chi connectivity index (χ0n) is 6.35. The van der Waals surface area contributed by atoms with E-state index in [4.69, 9.17) is 22.9 Å². The maximum Gasteiger partial charge on any atom is 0.382 e. The molecule has 0 aromatic heterocycles. The van der Waals surface area contributed by atoms with Gasteiger partial charge in [-0.05, 0) is 17.4 Å². The van der Waals surface area contributed by atoms with Crippen molar-refractivity contribution >= 4 is 33.9 Å². The van der Waals surface area contributed by atoms with Gasteiger partial charge in [-0.15, -0.1) is 0 Å². The minimum atomic E-state index is -0.402. The lowest BCUT2D eigenvalue weighted by Crippen LogP contribution is -2.17. The number of halogens is 2. The van der Waals surface area contributed by atoms with Crippen LogP contribution in [0.4, 0.5) is 0 Å². The van der Waals surface area contributed by atoms with Crippen molar-refractivity contribution in [3.63, 3.8) is 0 Å². The first-order chi connectivity index (χ1) is 5.24. The Morgan fingerprint density at radius 1 is 1.18 bits per heavy atom. The highest BCUT2D eigenvalue weighted by molar-refractivity contribution is 7.39. The summed E-state index contributed by atoms with van der Waals surface area (Å²) < 4.78 is 0. The highest BCUT2D eigenvalue weighted by Crippen LogP contribution is 2.01. The van der Waals surface area contributed by atoms with Gasteiger partial charge in [0, 0.05) is 0 Å². The topological polar surface area (TPSA) is 0 Å². The molecule has 11 heavy (non-hydrogen) atoms. The quantitative estimate of drug-likeness (QED) is 0.623. The van der Waals surface area contributed by atoms with E-state index in [9.17, 15) is 0 Å². The van der Waals surface area contributed by atoms with E-state index in [0.717, 1.165) is 11.9 Å². The van der Waals surface area contributed by atoms with Gasteiger partial charge in [-0.3, -0.25) is 0 Å². The number of hydrogen-bond donors (Lipinski definition) is 0. The van der Waals surface area contributed by atoms with E-state index in [1.165, 1.54) is 5.56 Å². The summed E-state index contributed by atoms with van der Waals surface area (Å²) in [6.45, 7) is 2.12. The normalized spacial score (nSPS) is 9.73. The van der Waals surface area contributed by atoms with E-state index in [0.29, 0.717) is 0 Å². The first-order valence-corrected chi connectivity index (χ1v) is 4.48. The van der Waals surface area contributed by atoms with E-state index in [-0.39, 0.29) is 0 Å². The molecule has 0 saturated carbocycles. The number of benzene rings is 1. The molecule has 0 amide bonds. The lowest BCUT2D eigenvalue weighted by Gasteiger charge is -1.99. The molecule has 0 nitrogen and oxygen atoms in total. The summed E-state index contributed by atoms with van der Waals surface area (Å²) in [7, 11) is 0. The molecule has 0 N–H and O–H groups in total. The summed E-state index contributed by atoms with van der Waals surface area (Å²) >= 11 is 11.3. The van der Waals surface area contributed by atoms with Crippen LogP contribution >= 0.6 is 22.9 Å². The van der Waals surface area contributed by atoms with E-state index in [1.807, 2.05) is 24.3 Å². The Morgan fingerprint density at radius 2 is 1.73 bits per heavy atom. The lowest BCUT2D eigenvalue weighted by molar-refractivity contribution is 1.14. The second-order valence-corrected chi connectivity index (χ2v) is 3.49. The van der Waals surface area contributed by atoms with Crippen LogP contribution in [-0.4, -0.2) is 5.54 Å². The van der Waals surface area contributed by atoms with Crippen LogP contribution in [0.15, 0.2) is 24.3 Å². The fourth-order valence-corrected chi connectivity index (χ4v) is 1.19. The molecule has 0 saturated heterocycles. The predicted octanol–water partition coefficient (Wildman–Crippen LogP) is 2.42. The fraction of sp³-hybridized carbons (Fsp3) is 0.250. The molecule has 0 bridgehead atoms. The van der Waals surface area contributed by atoms with Crippen molar-refractivity contribution in [1.82, 2.24) is 0 Å². The van der Waals surface area contributed by atoms with Gasteiger partial charge >= 0.3 is 5.54 Å². The molecule has 0 heterocycles. The SMILES string of the molecule is CCc1ccc(B(Cl)Cl)cc1. The van der Waals surface area contributed by atoms with Crippen LogP contribution in [0.2, 0.25) is 0 Å². The summed E-state index contributed by atoms with van der Waals surface area (Å²) in [5.41, 5.74) is 1.87. The smallest absolute Gasteiger partial charge is 0.165 e. The van der Waals surface area contributed by atoms with Gasteiger partial charge in [-0.1, -0.05) is 31.2 Å². The number of hydrogen-bond acceptors (Lipinski definition) is 0. The highest BCUT2D eigenvalue weighted by atomic mass is 35.5. The van der Waals surface area contributed by atoms with Crippen molar-refractivity contribution in [2.45, 2.75) is 13.3 Å². The van der Waals surface area contributed by atoms with Crippen LogP contribution in [0, 0.1) is 0 Å². The monoisotopic (exact) mass is 186 g/mol. The van der Waals surface area contributed by atoms with Crippen molar-refractivity contribution in [2.75, 3.05) is 0 Å². The van der Waals surface area contributed by atoms with Crippen molar-refractivity contribution in [1.29, 1.82) is 0 Å². The number of rotatable bonds is 2. The van der Waals surface area contributed by atoms with Gasteiger partial charge in [-0.25, -0.2) is 0 Å². The number of aryl methyl sites for hydroxylation is 1. The Balaban J connectivity index is 2.83. The van der Waals surface area contributed by atoms with Crippen LogP contribution in [0.3, 0.4) is 0 Å². The van der Waals surface area contributed by atoms with Gasteiger partial charge in [0.1, 0.15) is 0 Å². The summed E-state index contributed by atoms with van der Waals surface area (Å²) in [5, 5.41) is 0. The third-order valence-corrected chi connectivity index (χ3v) is 2.14. The molecular weight excluding hydrogens is 178 g/mol. The Kier molecular flexibility index (Phi) is 3.28. The summed E-state index contributed by atoms with van der Waals surface area (Å²) in [4.78, 5) is 0. The molecular formula is C8H9BCl2. The van der Waals surface area contributed by atoms with Crippen molar-refractivity contribution < 1.29 is 0 Å². The minimum Gasteiger partial charge on any atom is -0.165 e. The second kappa shape index (κ2) is 4.03. The van der Waals surface area contributed by atoms with E-state index < -0.39 is 5.54 Å². The third-order valence-electron chi connectivity index (χ3n) is 1.64. The van der Waals surface area contributed by atoms with Gasteiger partial charge in [-0.2, -0.15) is 22.9 Å². The predicted molar refractivity (Wildman–Crippen MR) is 52.9 cm³/mol. The van der Waals surface area contributed by atoms with Crippen LogP contribution in [0.1, 0.15) is 12.5 Å². The second-order valence-electron chi connectivity index (χ2n) is 2.40. The molecule has 0 fully saturated rings. The molecule has 1 rings (SSSR count). The average molecular weight is 187 g/mol. The van der Waals surface area contributed by atoms with Crippen LogP contribution < -0.4 is 5.46 Å². The van der Waals surface area contributed by atoms with E-state index in [2.05, 4.69) is 6.92 Å². The van der Waals surface area contributed by atoms with Gasteiger partial charge in [0.25, 0.3) is 0 Å². The molecule has 0 spiro atoms. The molecule has 58 valence electrons. The van der Waals surface area contributed by atoms with Crippen molar-refractivity contribution in [2.24, 2.45) is 0 Å². The van der Waals surface area contributed by atoms with Gasteiger partial charge in [0.05, 0.1) is 0 Å². The Morgan fingerprint density at radius 3 is 2.09 bits per heavy atom. The molecule has 3 heteroatoms. The van der Waals surface area contributed by atoms with Crippen LogP contribution in [0.5, 0.6) is 0 Å². The lowest BCUT2D eigenvalue weighted by atomic mass is 9.92. The Bertz CT molecular complexity index is 218. The summed E-state index contributed by atoms with van der Waals surface area (Å²) in [6.07, 6.45) is 1.05. The van der Waals surface area contributed by atoms with Crippen LogP contribution in [-0.2, 0) is 6.42 Å². The molecule has 0 radical (unpaired) electrons. The fourth-order valence-electron chi connectivity index (χ4n) is 0.899. The first kappa shape index (κ1) is 8.96. The third kappa shape index (κ3) is 2.42. The summed E-state index contributed by atoms with van der Waals surface area (Å²) in [6, 6.07) is 8.02. The standard InChI is InChI=1S/C8H9BCl2/c1-2-7-3-5-8(6-4-7)9(10)11/h3-6H,2H2,1H3. The summed E-state index contributed by atoms with van der Waals surface area (Å²) in [5.74, 6) is 0. The Labute approximate surface area is 77.4 Å². The first-order valence-electron chi connectivity index (χ1n) is 3.61. The average Bonchev–Trinajstić information content (AvgIpc) is 2.05. The molecule has 1 aromatic rings. The highest BCUT2D eigenvalue weighted by Gasteiger charge is 2.07. The zero-order valence-corrected chi connectivity index (χ0v) is 7.86. The largest absolute Gasteiger partial charge is 0.382 e. The maximum absolute atomic E-state index is 5.66. The molecule has 0 atom stereocenters. The molecule has 0 aliphatic heterocycles. The van der Waals surface area contributed by atoms with Crippen molar-refractivity contribution in [3.05, 3.63) is 29.8 Å². The Hall–Kier alpha value is -0.135. The molecule has 0 aliphatic carbocycles. The van der Waals surface area contributed by atoms with Gasteiger partial charge in [0.15, 0.2) is 0 Å².